The molecule has 0 aliphatic heterocycles. The van der Waals surface area contributed by atoms with Crippen molar-refractivity contribution in [2.24, 2.45) is 5.92 Å². The van der Waals surface area contributed by atoms with E-state index < -0.39 is 0 Å². The molecule has 4 aromatic rings. The van der Waals surface area contributed by atoms with Gasteiger partial charge < -0.3 is 9.64 Å². The van der Waals surface area contributed by atoms with Crippen molar-refractivity contribution < 1.29 is 9.53 Å². The number of esters is 1. The van der Waals surface area contributed by atoms with Gasteiger partial charge in [-0.25, -0.2) is 0 Å². The summed E-state index contributed by atoms with van der Waals surface area (Å²) in [6.07, 6.45) is 0.770. The number of hydrogen-bond donors (Lipinski definition) is 0. The summed E-state index contributed by atoms with van der Waals surface area (Å²) < 4.78 is 5.46. The van der Waals surface area contributed by atoms with Crippen LogP contribution in [-0.2, 0) is 4.79 Å². The van der Waals surface area contributed by atoms with Crippen LogP contribution in [-0.4, -0.2) is 5.97 Å². The van der Waals surface area contributed by atoms with E-state index in [4.69, 9.17) is 4.74 Å². The molecule has 0 spiro atoms. The summed E-state index contributed by atoms with van der Waals surface area (Å²) in [5, 5.41) is 0. The number of benzene rings is 4. The SMILES string of the molecule is CCC(C)C(=O)Oc1ccc(-c2ccc(N(c3ccccc3)c3ccccc3)cc2)cc1. The van der Waals surface area contributed by atoms with Gasteiger partial charge in [0.2, 0.25) is 0 Å². The highest BCUT2D eigenvalue weighted by Crippen LogP contribution is 2.35. The number of para-hydroxylation sites is 2. The van der Waals surface area contributed by atoms with Gasteiger partial charge in [-0.1, -0.05) is 74.5 Å². The third-order valence-corrected chi connectivity index (χ3v) is 5.58. The van der Waals surface area contributed by atoms with E-state index in [1.165, 1.54) is 0 Å². The topological polar surface area (TPSA) is 29.5 Å². The van der Waals surface area contributed by atoms with E-state index in [1.54, 1.807) is 0 Å². The van der Waals surface area contributed by atoms with Crippen molar-refractivity contribution in [1.29, 1.82) is 0 Å². The van der Waals surface area contributed by atoms with Crippen molar-refractivity contribution in [2.75, 3.05) is 4.90 Å². The fourth-order valence-corrected chi connectivity index (χ4v) is 3.50. The normalized spacial score (nSPS) is 11.6. The maximum absolute atomic E-state index is 12.0. The monoisotopic (exact) mass is 421 g/mol. The van der Waals surface area contributed by atoms with Crippen LogP contribution in [0.5, 0.6) is 5.75 Å². The molecule has 160 valence electrons. The Labute approximate surface area is 189 Å². The van der Waals surface area contributed by atoms with Crippen LogP contribution < -0.4 is 9.64 Å². The number of ether oxygens (including phenoxy) is 1. The quantitative estimate of drug-likeness (QED) is 0.225. The molecule has 0 bridgehead atoms. The smallest absolute Gasteiger partial charge is 0.314 e. The maximum Gasteiger partial charge on any atom is 0.314 e. The molecule has 0 saturated heterocycles. The Bertz CT molecular complexity index is 1100. The molecule has 0 N–H and O–H groups in total. The summed E-state index contributed by atoms with van der Waals surface area (Å²) in [4.78, 5) is 14.2. The summed E-state index contributed by atoms with van der Waals surface area (Å²) in [7, 11) is 0. The molecule has 1 atom stereocenters. The van der Waals surface area contributed by atoms with Gasteiger partial charge >= 0.3 is 5.97 Å². The highest BCUT2D eigenvalue weighted by atomic mass is 16.5. The first-order valence-corrected chi connectivity index (χ1v) is 11.0. The van der Waals surface area contributed by atoms with E-state index >= 15 is 0 Å². The van der Waals surface area contributed by atoms with Gasteiger partial charge in [0.25, 0.3) is 0 Å². The van der Waals surface area contributed by atoms with Crippen molar-refractivity contribution in [3.8, 4) is 16.9 Å². The average Bonchev–Trinajstić information content (AvgIpc) is 2.86. The minimum Gasteiger partial charge on any atom is -0.426 e. The summed E-state index contributed by atoms with van der Waals surface area (Å²) in [5.41, 5.74) is 5.49. The molecule has 0 aliphatic carbocycles. The van der Waals surface area contributed by atoms with Gasteiger partial charge in [0, 0.05) is 17.1 Å². The fraction of sp³-hybridized carbons (Fsp3) is 0.138. The molecule has 0 heterocycles. The van der Waals surface area contributed by atoms with Gasteiger partial charge in [0.05, 0.1) is 5.92 Å². The van der Waals surface area contributed by atoms with Crippen LogP contribution in [0, 0.1) is 5.92 Å². The molecule has 0 saturated carbocycles. The number of hydrogen-bond acceptors (Lipinski definition) is 3. The molecule has 0 amide bonds. The summed E-state index contributed by atoms with van der Waals surface area (Å²) >= 11 is 0. The number of anilines is 3. The number of carbonyl (C=O) groups excluding carboxylic acids is 1. The van der Waals surface area contributed by atoms with Crippen LogP contribution in [0.1, 0.15) is 20.3 Å². The molecule has 0 aromatic heterocycles. The van der Waals surface area contributed by atoms with Crippen LogP contribution in [0.2, 0.25) is 0 Å². The zero-order valence-corrected chi connectivity index (χ0v) is 18.4. The van der Waals surface area contributed by atoms with Crippen LogP contribution in [0.4, 0.5) is 17.1 Å². The number of nitrogens with zero attached hydrogens (tertiary/aromatic N) is 1. The first-order valence-electron chi connectivity index (χ1n) is 11.0. The van der Waals surface area contributed by atoms with Crippen molar-refractivity contribution >= 4 is 23.0 Å². The maximum atomic E-state index is 12.0. The third-order valence-electron chi connectivity index (χ3n) is 5.58. The van der Waals surface area contributed by atoms with Gasteiger partial charge in [-0.15, -0.1) is 0 Å². The molecule has 4 rings (SSSR count). The van der Waals surface area contributed by atoms with Gasteiger partial charge in [0.1, 0.15) is 5.75 Å². The molecule has 4 aromatic carbocycles. The van der Waals surface area contributed by atoms with Crippen LogP contribution in [0.25, 0.3) is 11.1 Å². The predicted molar refractivity (Wildman–Crippen MR) is 132 cm³/mol. The van der Waals surface area contributed by atoms with Crippen LogP contribution >= 0.6 is 0 Å². The second-order valence-electron chi connectivity index (χ2n) is 7.81. The van der Waals surface area contributed by atoms with Crippen molar-refractivity contribution in [3.05, 3.63) is 109 Å². The van der Waals surface area contributed by atoms with E-state index in [-0.39, 0.29) is 11.9 Å². The first-order chi connectivity index (χ1) is 15.7. The zero-order valence-electron chi connectivity index (χ0n) is 18.4. The number of carbonyl (C=O) groups is 1. The molecule has 1 unspecified atom stereocenters. The molecule has 32 heavy (non-hydrogen) atoms. The van der Waals surface area contributed by atoms with E-state index in [0.29, 0.717) is 5.75 Å². The minimum absolute atomic E-state index is 0.0978. The molecule has 3 heteroatoms. The Hall–Kier alpha value is -3.85. The lowest BCUT2D eigenvalue weighted by atomic mass is 10.0. The largest absolute Gasteiger partial charge is 0.426 e. The molecule has 0 fully saturated rings. The lowest BCUT2D eigenvalue weighted by Gasteiger charge is -2.25. The average molecular weight is 422 g/mol. The molecular formula is C29H27NO2. The van der Waals surface area contributed by atoms with E-state index in [9.17, 15) is 4.79 Å². The molecular weight excluding hydrogens is 394 g/mol. The first kappa shape index (κ1) is 21.4. The Morgan fingerprint density at radius 3 is 1.59 bits per heavy atom. The lowest BCUT2D eigenvalue weighted by Crippen LogP contribution is -2.16. The van der Waals surface area contributed by atoms with Gasteiger partial charge in [-0.05, 0) is 66.1 Å². The Morgan fingerprint density at radius 1 is 0.688 bits per heavy atom. The second kappa shape index (κ2) is 9.97. The third kappa shape index (κ3) is 4.89. The molecule has 0 radical (unpaired) electrons. The Morgan fingerprint density at radius 2 is 1.12 bits per heavy atom. The van der Waals surface area contributed by atoms with Gasteiger partial charge in [0.15, 0.2) is 0 Å². The van der Waals surface area contributed by atoms with Crippen molar-refractivity contribution in [3.63, 3.8) is 0 Å². The number of rotatable bonds is 7. The standard InChI is InChI=1S/C29H27NO2/c1-3-22(2)29(31)32-28-20-16-24(17-21-28)23-14-18-27(19-15-23)30(25-10-6-4-7-11-25)26-12-8-5-9-13-26/h4-22H,3H2,1-2H3. The van der Waals surface area contributed by atoms with E-state index in [1.807, 2.05) is 50.2 Å². The van der Waals surface area contributed by atoms with Gasteiger partial charge in [-0.3, -0.25) is 4.79 Å². The van der Waals surface area contributed by atoms with Crippen LogP contribution in [0.15, 0.2) is 109 Å². The van der Waals surface area contributed by atoms with Crippen molar-refractivity contribution in [2.45, 2.75) is 20.3 Å². The Balaban J connectivity index is 1.57. The summed E-state index contributed by atoms with van der Waals surface area (Å²) in [6.45, 7) is 3.86. The fourth-order valence-electron chi connectivity index (χ4n) is 3.50. The van der Waals surface area contributed by atoms with Crippen molar-refractivity contribution in [1.82, 2.24) is 0 Å². The van der Waals surface area contributed by atoms with E-state index in [0.717, 1.165) is 34.6 Å². The van der Waals surface area contributed by atoms with Crippen LogP contribution in [0.3, 0.4) is 0 Å². The van der Waals surface area contributed by atoms with E-state index in [2.05, 4.69) is 77.7 Å². The highest BCUT2D eigenvalue weighted by Gasteiger charge is 2.14. The highest BCUT2D eigenvalue weighted by molar-refractivity contribution is 5.78. The van der Waals surface area contributed by atoms with Gasteiger partial charge in [-0.2, -0.15) is 0 Å². The summed E-state index contributed by atoms with van der Waals surface area (Å²) in [5.74, 6) is 0.293. The predicted octanol–water partition coefficient (Wildman–Crippen LogP) is 7.77. The minimum atomic E-state index is -0.188. The zero-order chi connectivity index (χ0) is 22.3. The molecule has 3 nitrogen and oxygen atoms in total. The summed E-state index contributed by atoms with van der Waals surface area (Å²) in [6, 6.07) is 36.9. The second-order valence-corrected chi connectivity index (χ2v) is 7.81. The Kier molecular flexibility index (Phi) is 6.66. The lowest BCUT2D eigenvalue weighted by molar-refractivity contribution is -0.138. The molecule has 0 aliphatic rings.